The average Bonchev–Trinajstić information content (AvgIpc) is 2.78. The van der Waals surface area contributed by atoms with Crippen LogP contribution in [0.4, 0.5) is 0 Å². The van der Waals surface area contributed by atoms with Crippen LogP contribution in [0.2, 0.25) is 0 Å². The zero-order valence-electron chi connectivity index (χ0n) is 12.2. The predicted molar refractivity (Wildman–Crippen MR) is 77.9 cm³/mol. The zero-order chi connectivity index (χ0) is 15.6. The molecule has 0 saturated carbocycles. The maximum absolute atomic E-state index is 12.5. The molecule has 8 heteroatoms. The van der Waals surface area contributed by atoms with E-state index in [0.29, 0.717) is 13.0 Å². The summed E-state index contributed by atoms with van der Waals surface area (Å²) in [5, 5.41) is 3.95. The Morgan fingerprint density at radius 3 is 2.71 bits per heavy atom. The molecule has 2 heterocycles. The minimum atomic E-state index is -3.06. The van der Waals surface area contributed by atoms with E-state index in [0.717, 1.165) is 11.1 Å². The van der Waals surface area contributed by atoms with Crippen molar-refractivity contribution in [3.63, 3.8) is 0 Å². The molecular weight excluding hydrogens is 294 g/mol. The molecule has 0 aromatic carbocycles. The highest BCUT2D eigenvalue weighted by molar-refractivity contribution is 7.91. The number of hydrogen-bond donors (Lipinski definition) is 0. The van der Waals surface area contributed by atoms with E-state index in [9.17, 15) is 18.0 Å². The van der Waals surface area contributed by atoms with Gasteiger partial charge < -0.3 is 4.90 Å². The third kappa shape index (κ3) is 3.49. The molecule has 0 N–H and O–H groups in total. The first kappa shape index (κ1) is 15.7. The van der Waals surface area contributed by atoms with Gasteiger partial charge in [0.15, 0.2) is 9.84 Å². The van der Waals surface area contributed by atoms with Gasteiger partial charge in [-0.15, -0.1) is 0 Å². The van der Waals surface area contributed by atoms with E-state index in [1.807, 2.05) is 6.92 Å². The molecule has 0 radical (unpaired) electrons. The van der Waals surface area contributed by atoms with Gasteiger partial charge in [-0.1, -0.05) is 6.92 Å². The van der Waals surface area contributed by atoms with E-state index < -0.39 is 9.84 Å². The molecule has 1 amide bonds. The predicted octanol–water partition coefficient (Wildman–Crippen LogP) is -0.180. The van der Waals surface area contributed by atoms with Crippen molar-refractivity contribution >= 4 is 15.7 Å². The normalized spacial score (nSPS) is 20.4. The third-order valence-corrected chi connectivity index (χ3v) is 5.30. The van der Waals surface area contributed by atoms with Gasteiger partial charge in [-0.3, -0.25) is 9.59 Å². The standard InChI is InChI=1S/C13H19N3O4S/c1-3-7-16(10-6-8-21(19,20)9-10)13(18)11-4-5-12(17)15(2)14-11/h4-5,10H,3,6-9H2,1-2H3/t10-/m0/s1. The minimum absolute atomic E-state index is 0.00447. The van der Waals surface area contributed by atoms with Gasteiger partial charge in [0.05, 0.1) is 11.5 Å². The van der Waals surface area contributed by atoms with Gasteiger partial charge in [0.1, 0.15) is 5.69 Å². The Morgan fingerprint density at radius 2 is 2.19 bits per heavy atom. The monoisotopic (exact) mass is 313 g/mol. The van der Waals surface area contributed by atoms with Crippen molar-refractivity contribution in [3.05, 3.63) is 28.2 Å². The molecule has 0 spiro atoms. The van der Waals surface area contributed by atoms with Crippen molar-refractivity contribution < 1.29 is 13.2 Å². The van der Waals surface area contributed by atoms with Crippen molar-refractivity contribution in [2.24, 2.45) is 7.05 Å². The Labute approximate surface area is 123 Å². The molecule has 1 fully saturated rings. The van der Waals surface area contributed by atoms with Crippen LogP contribution in [0.1, 0.15) is 30.3 Å². The van der Waals surface area contributed by atoms with Crippen LogP contribution in [0.5, 0.6) is 0 Å². The van der Waals surface area contributed by atoms with Gasteiger partial charge in [0.25, 0.3) is 11.5 Å². The summed E-state index contributed by atoms with van der Waals surface area (Å²) in [5.74, 6) is -0.203. The van der Waals surface area contributed by atoms with Crippen molar-refractivity contribution in [2.45, 2.75) is 25.8 Å². The first-order valence-electron chi connectivity index (χ1n) is 6.90. The summed E-state index contributed by atoms with van der Waals surface area (Å²) < 4.78 is 24.3. The number of rotatable bonds is 4. The highest BCUT2D eigenvalue weighted by Gasteiger charge is 2.35. The Balaban J connectivity index is 2.27. The fraction of sp³-hybridized carbons (Fsp3) is 0.615. The van der Waals surface area contributed by atoms with Crippen molar-refractivity contribution in [1.82, 2.24) is 14.7 Å². The second-order valence-electron chi connectivity index (χ2n) is 5.24. The first-order chi connectivity index (χ1) is 9.84. The summed E-state index contributed by atoms with van der Waals surface area (Å²) in [6, 6.07) is 2.37. The van der Waals surface area contributed by atoms with E-state index in [2.05, 4.69) is 5.10 Å². The Bertz CT molecular complexity index is 696. The largest absolute Gasteiger partial charge is 0.333 e. The lowest BCUT2D eigenvalue weighted by Crippen LogP contribution is -2.42. The van der Waals surface area contributed by atoms with E-state index in [4.69, 9.17) is 0 Å². The molecule has 0 unspecified atom stereocenters. The van der Waals surface area contributed by atoms with Crippen molar-refractivity contribution in [2.75, 3.05) is 18.1 Å². The average molecular weight is 313 g/mol. The molecule has 116 valence electrons. The Kier molecular flexibility index (Phi) is 4.46. The van der Waals surface area contributed by atoms with Crippen LogP contribution in [0.15, 0.2) is 16.9 Å². The molecule has 1 aliphatic heterocycles. The second kappa shape index (κ2) is 5.97. The fourth-order valence-corrected chi connectivity index (χ4v) is 4.21. The smallest absolute Gasteiger partial charge is 0.274 e. The maximum Gasteiger partial charge on any atom is 0.274 e. The summed E-state index contributed by atoms with van der Waals surface area (Å²) in [7, 11) is -1.58. The number of hydrogen-bond acceptors (Lipinski definition) is 5. The quantitative estimate of drug-likeness (QED) is 0.769. The molecule has 1 aromatic rings. The van der Waals surface area contributed by atoms with Crippen LogP contribution in [0, 0.1) is 0 Å². The van der Waals surface area contributed by atoms with Gasteiger partial charge in [0.2, 0.25) is 0 Å². The summed E-state index contributed by atoms with van der Waals surface area (Å²) in [6.45, 7) is 2.40. The molecular formula is C13H19N3O4S. The van der Waals surface area contributed by atoms with Crippen LogP contribution in [-0.4, -0.2) is 53.1 Å². The Morgan fingerprint density at radius 1 is 1.48 bits per heavy atom. The third-order valence-electron chi connectivity index (χ3n) is 3.55. The lowest BCUT2D eigenvalue weighted by atomic mass is 10.2. The molecule has 0 aliphatic carbocycles. The van der Waals surface area contributed by atoms with Crippen LogP contribution in [0.25, 0.3) is 0 Å². The topological polar surface area (TPSA) is 89.3 Å². The van der Waals surface area contributed by atoms with E-state index in [-0.39, 0.29) is 34.7 Å². The van der Waals surface area contributed by atoms with Gasteiger partial charge in [-0.2, -0.15) is 5.10 Å². The van der Waals surface area contributed by atoms with E-state index >= 15 is 0 Å². The number of amides is 1. The van der Waals surface area contributed by atoms with Crippen LogP contribution in [0.3, 0.4) is 0 Å². The fourth-order valence-electron chi connectivity index (χ4n) is 2.48. The maximum atomic E-state index is 12.5. The molecule has 0 bridgehead atoms. The molecule has 1 aliphatic rings. The summed E-state index contributed by atoms with van der Waals surface area (Å²) >= 11 is 0. The number of carbonyl (C=O) groups excluding carboxylic acids is 1. The highest BCUT2D eigenvalue weighted by atomic mass is 32.2. The second-order valence-corrected chi connectivity index (χ2v) is 7.46. The number of aromatic nitrogens is 2. The van der Waals surface area contributed by atoms with Gasteiger partial charge in [0, 0.05) is 25.7 Å². The van der Waals surface area contributed by atoms with Gasteiger partial charge in [-0.25, -0.2) is 13.1 Å². The number of carbonyl (C=O) groups is 1. The zero-order valence-corrected chi connectivity index (χ0v) is 13.0. The van der Waals surface area contributed by atoms with Crippen molar-refractivity contribution in [3.8, 4) is 0 Å². The lowest BCUT2D eigenvalue weighted by Gasteiger charge is -2.27. The van der Waals surface area contributed by atoms with Crippen molar-refractivity contribution in [1.29, 1.82) is 0 Å². The molecule has 21 heavy (non-hydrogen) atoms. The SMILES string of the molecule is CCCN(C(=O)c1ccc(=O)n(C)n1)[C@H]1CCS(=O)(=O)C1. The summed E-state index contributed by atoms with van der Waals surface area (Å²) in [5.41, 5.74) is -0.133. The van der Waals surface area contributed by atoms with Gasteiger partial charge >= 0.3 is 0 Å². The minimum Gasteiger partial charge on any atom is -0.333 e. The first-order valence-corrected chi connectivity index (χ1v) is 8.72. The molecule has 2 rings (SSSR count). The number of aryl methyl sites for hydroxylation is 1. The summed E-state index contributed by atoms with van der Waals surface area (Å²) in [6.07, 6.45) is 1.19. The van der Waals surface area contributed by atoms with Crippen LogP contribution >= 0.6 is 0 Å². The molecule has 1 aromatic heterocycles. The highest BCUT2D eigenvalue weighted by Crippen LogP contribution is 2.19. The molecule has 7 nitrogen and oxygen atoms in total. The Hall–Kier alpha value is -1.70. The van der Waals surface area contributed by atoms with E-state index in [1.165, 1.54) is 19.2 Å². The molecule has 1 saturated heterocycles. The lowest BCUT2D eigenvalue weighted by molar-refractivity contribution is 0.0688. The van der Waals surface area contributed by atoms with Crippen LogP contribution in [-0.2, 0) is 16.9 Å². The number of nitrogens with zero attached hydrogens (tertiary/aromatic N) is 3. The number of sulfone groups is 1. The van der Waals surface area contributed by atoms with Gasteiger partial charge in [-0.05, 0) is 18.9 Å². The molecule has 1 atom stereocenters. The summed E-state index contributed by atoms with van der Waals surface area (Å²) in [4.78, 5) is 25.4. The van der Waals surface area contributed by atoms with E-state index in [1.54, 1.807) is 4.90 Å². The van der Waals surface area contributed by atoms with Crippen LogP contribution < -0.4 is 5.56 Å².